The van der Waals surface area contributed by atoms with Gasteiger partial charge in [-0.1, -0.05) is 11.6 Å². The van der Waals surface area contributed by atoms with Gasteiger partial charge in [0.25, 0.3) is 0 Å². The first-order valence-corrected chi connectivity index (χ1v) is 4.95. The van der Waals surface area contributed by atoms with Crippen molar-refractivity contribution in [2.24, 2.45) is 5.73 Å². The molecule has 0 aliphatic carbocycles. The predicted octanol–water partition coefficient (Wildman–Crippen LogP) is 2.26. The molecule has 2 aromatic heterocycles. The Labute approximate surface area is 92.9 Å². The molecule has 0 atom stereocenters. The van der Waals surface area contributed by atoms with Crippen molar-refractivity contribution in [3.8, 4) is 11.1 Å². The minimum absolute atomic E-state index is 0.422. The van der Waals surface area contributed by atoms with Crippen molar-refractivity contribution in [2.45, 2.75) is 6.54 Å². The highest BCUT2D eigenvalue weighted by molar-refractivity contribution is 6.32. The van der Waals surface area contributed by atoms with Gasteiger partial charge in [-0.15, -0.1) is 0 Å². The molecule has 2 rings (SSSR count). The van der Waals surface area contributed by atoms with Gasteiger partial charge in [-0.2, -0.15) is 0 Å². The molecule has 2 heterocycles. The Morgan fingerprint density at radius 2 is 2.07 bits per heavy atom. The van der Waals surface area contributed by atoms with Gasteiger partial charge < -0.3 is 5.73 Å². The van der Waals surface area contributed by atoms with Crippen LogP contribution in [0.2, 0.25) is 5.15 Å². The topological polar surface area (TPSA) is 51.8 Å². The summed E-state index contributed by atoms with van der Waals surface area (Å²) in [5.41, 5.74) is 8.25. The van der Waals surface area contributed by atoms with Gasteiger partial charge in [0, 0.05) is 24.5 Å². The van der Waals surface area contributed by atoms with E-state index < -0.39 is 0 Å². The van der Waals surface area contributed by atoms with Crippen molar-refractivity contribution >= 4 is 11.6 Å². The molecule has 0 aliphatic rings. The van der Waals surface area contributed by atoms with Crippen molar-refractivity contribution in [1.82, 2.24) is 9.97 Å². The number of hydrogen-bond donors (Lipinski definition) is 1. The molecule has 2 aromatic rings. The molecule has 0 bridgehead atoms. The van der Waals surface area contributed by atoms with E-state index in [1.54, 1.807) is 12.4 Å². The zero-order valence-corrected chi connectivity index (χ0v) is 8.78. The fraction of sp³-hybridized carbons (Fsp3) is 0.0909. The Bertz CT molecular complexity index is 471. The Morgan fingerprint density at radius 1 is 1.20 bits per heavy atom. The van der Waals surface area contributed by atoms with Gasteiger partial charge in [-0.05, 0) is 29.8 Å². The van der Waals surface area contributed by atoms with E-state index in [0.29, 0.717) is 11.7 Å². The first kappa shape index (κ1) is 10.1. The molecule has 15 heavy (non-hydrogen) atoms. The quantitative estimate of drug-likeness (QED) is 0.789. The molecule has 2 N–H and O–H groups in total. The van der Waals surface area contributed by atoms with Gasteiger partial charge in [-0.25, -0.2) is 4.98 Å². The molecule has 0 amide bonds. The molecule has 3 nitrogen and oxygen atoms in total. The number of aromatic nitrogens is 2. The summed E-state index contributed by atoms with van der Waals surface area (Å²) in [7, 11) is 0. The standard InChI is InChI=1S/C11H10ClN3/c12-11-10(2-1-4-15-11)8-3-5-14-9(6-8)7-13/h1-6H,7,13H2. The van der Waals surface area contributed by atoms with Gasteiger partial charge in [0.05, 0.1) is 5.69 Å². The maximum Gasteiger partial charge on any atom is 0.136 e. The number of nitrogens with zero attached hydrogens (tertiary/aromatic N) is 2. The van der Waals surface area contributed by atoms with Crippen LogP contribution >= 0.6 is 11.6 Å². The van der Waals surface area contributed by atoms with Gasteiger partial charge in [-0.3, -0.25) is 4.98 Å². The first-order chi connectivity index (χ1) is 7.31. The summed E-state index contributed by atoms with van der Waals surface area (Å²) in [6.45, 7) is 0.422. The number of halogens is 1. The smallest absolute Gasteiger partial charge is 0.136 e. The SMILES string of the molecule is NCc1cc(-c2cccnc2Cl)ccn1. The third-order valence-corrected chi connectivity index (χ3v) is 2.40. The Morgan fingerprint density at radius 3 is 2.80 bits per heavy atom. The van der Waals surface area contributed by atoms with Crippen LogP contribution in [0.3, 0.4) is 0 Å². The average molecular weight is 220 g/mol. The van der Waals surface area contributed by atoms with E-state index in [1.807, 2.05) is 24.3 Å². The van der Waals surface area contributed by atoms with E-state index in [4.69, 9.17) is 17.3 Å². The van der Waals surface area contributed by atoms with Gasteiger partial charge in [0.15, 0.2) is 0 Å². The van der Waals surface area contributed by atoms with Crippen molar-refractivity contribution < 1.29 is 0 Å². The molecule has 0 aliphatic heterocycles. The fourth-order valence-electron chi connectivity index (χ4n) is 1.36. The van der Waals surface area contributed by atoms with Gasteiger partial charge >= 0.3 is 0 Å². The zero-order chi connectivity index (χ0) is 10.7. The molecule has 0 aromatic carbocycles. The van der Waals surface area contributed by atoms with E-state index in [1.165, 1.54) is 0 Å². The molecule has 0 saturated carbocycles. The summed E-state index contributed by atoms with van der Waals surface area (Å²) < 4.78 is 0. The van der Waals surface area contributed by atoms with Crippen LogP contribution in [0.4, 0.5) is 0 Å². The molecule has 4 heteroatoms. The molecular weight excluding hydrogens is 210 g/mol. The molecular formula is C11H10ClN3. The van der Waals surface area contributed by atoms with E-state index in [0.717, 1.165) is 16.8 Å². The largest absolute Gasteiger partial charge is 0.325 e. The minimum Gasteiger partial charge on any atom is -0.325 e. The van der Waals surface area contributed by atoms with E-state index in [2.05, 4.69) is 9.97 Å². The maximum atomic E-state index is 5.99. The van der Waals surface area contributed by atoms with Crippen LogP contribution in [-0.4, -0.2) is 9.97 Å². The number of nitrogens with two attached hydrogens (primary N) is 1. The second-order valence-corrected chi connectivity index (χ2v) is 3.44. The van der Waals surface area contributed by atoms with Gasteiger partial charge in [0.1, 0.15) is 5.15 Å². The maximum absolute atomic E-state index is 5.99. The van der Waals surface area contributed by atoms with Gasteiger partial charge in [0.2, 0.25) is 0 Å². The lowest BCUT2D eigenvalue weighted by Crippen LogP contribution is -1.99. The number of pyridine rings is 2. The Balaban J connectivity index is 2.49. The molecule has 0 radical (unpaired) electrons. The predicted molar refractivity (Wildman–Crippen MR) is 60.4 cm³/mol. The van der Waals surface area contributed by atoms with E-state index in [-0.39, 0.29) is 0 Å². The summed E-state index contributed by atoms with van der Waals surface area (Å²) in [6, 6.07) is 7.58. The molecule has 0 spiro atoms. The number of rotatable bonds is 2. The van der Waals surface area contributed by atoms with Crippen molar-refractivity contribution in [3.05, 3.63) is 47.5 Å². The van der Waals surface area contributed by atoms with Crippen LogP contribution in [0.15, 0.2) is 36.7 Å². The summed E-state index contributed by atoms with van der Waals surface area (Å²) in [6.07, 6.45) is 3.39. The minimum atomic E-state index is 0.422. The molecule has 0 unspecified atom stereocenters. The Hall–Kier alpha value is -1.45. The van der Waals surface area contributed by atoms with Crippen LogP contribution in [-0.2, 0) is 6.54 Å². The highest BCUT2D eigenvalue weighted by Crippen LogP contribution is 2.25. The summed E-state index contributed by atoms with van der Waals surface area (Å²) in [5.74, 6) is 0. The normalized spacial score (nSPS) is 10.3. The van der Waals surface area contributed by atoms with Crippen LogP contribution < -0.4 is 5.73 Å². The third-order valence-electron chi connectivity index (χ3n) is 2.10. The summed E-state index contributed by atoms with van der Waals surface area (Å²) in [5, 5.41) is 0.492. The summed E-state index contributed by atoms with van der Waals surface area (Å²) in [4.78, 5) is 8.15. The van der Waals surface area contributed by atoms with Crippen molar-refractivity contribution in [1.29, 1.82) is 0 Å². The molecule has 0 saturated heterocycles. The van der Waals surface area contributed by atoms with Crippen LogP contribution in [0, 0.1) is 0 Å². The first-order valence-electron chi connectivity index (χ1n) is 4.57. The number of hydrogen-bond acceptors (Lipinski definition) is 3. The summed E-state index contributed by atoms with van der Waals surface area (Å²) >= 11 is 5.99. The van der Waals surface area contributed by atoms with Crippen LogP contribution in [0.5, 0.6) is 0 Å². The van der Waals surface area contributed by atoms with E-state index >= 15 is 0 Å². The van der Waals surface area contributed by atoms with Crippen molar-refractivity contribution in [2.75, 3.05) is 0 Å². The second-order valence-electron chi connectivity index (χ2n) is 3.08. The zero-order valence-electron chi connectivity index (χ0n) is 8.02. The average Bonchev–Trinajstić information content (AvgIpc) is 2.30. The van der Waals surface area contributed by atoms with Crippen LogP contribution in [0.1, 0.15) is 5.69 Å². The lowest BCUT2D eigenvalue weighted by molar-refractivity contribution is 0.991. The highest BCUT2D eigenvalue weighted by atomic mass is 35.5. The fourth-order valence-corrected chi connectivity index (χ4v) is 1.59. The Kier molecular flexibility index (Phi) is 2.94. The van der Waals surface area contributed by atoms with Crippen LogP contribution in [0.25, 0.3) is 11.1 Å². The van der Waals surface area contributed by atoms with Crippen molar-refractivity contribution in [3.63, 3.8) is 0 Å². The van der Waals surface area contributed by atoms with E-state index in [9.17, 15) is 0 Å². The molecule has 76 valence electrons. The lowest BCUT2D eigenvalue weighted by Gasteiger charge is -2.04. The molecule has 0 fully saturated rings. The second kappa shape index (κ2) is 4.38. The third kappa shape index (κ3) is 2.14. The highest BCUT2D eigenvalue weighted by Gasteiger charge is 2.04. The monoisotopic (exact) mass is 219 g/mol. The lowest BCUT2D eigenvalue weighted by atomic mass is 10.1.